The van der Waals surface area contributed by atoms with E-state index in [0.717, 1.165) is 32.5 Å². The van der Waals surface area contributed by atoms with Crippen LogP contribution in [0.2, 0.25) is 0 Å². The van der Waals surface area contributed by atoms with E-state index in [4.69, 9.17) is 0 Å². The molecule has 1 atom stereocenters. The van der Waals surface area contributed by atoms with E-state index in [1.165, 1.54) is 11.8 Å². The number of hydrogen-bond donors (Lipinski definition) is 1. The van der Waals surface area contributed by atoms with E-state index in [1.54, 1.807) is 0 Å². The van der Waals surface area contributed by atoms with E-state index in [-0.39, 0.29) is 5.91 Å². The molecular weight excluding hydrogens is 284 g/mol. The zero-order valence-corrected chi connectivity index (χ0v) is 13.0. The van der Waals surface area contributed by atoms with Crippen LogP contribution in [-0.2, 0) is 11.2 Å². The van der Waals surface area contributed by atoms with Gasteiger partial charge in [-0.05, 0) is 24.3 Å². The second kappa shape index (κ2) is 6.41. The van der Waals surface area contributed by atoms with Crippen LogP contribution in [0, 0.1) is 0 Å². The molecule has 0 aromatic carbocycles. The number of likely N-dealkylation sites (tertiary alicyclic amines) is 1. The monoisotopic (exact) mass is 304 g/mol. The van der Waals surface area contributed by atoms with E-state index in [9.17, 15) is 4.79 Å². The maximum absolute atomic E-state index is 11.0. The molecule has 0 bridgehead atoms. The standard InChI is InChI=1S/C15H20N4OS/c1-12(20)16-15-6-9-19(17-15)13-4-7-18(11-13)8-5-14-3-2-10-21-14/h2-3,6,9-10,13H,4-5,7-8,11H2,1H3,(H,16,17,20). The number of aromatic nitrogens is 2. The van der Waals surface area contributed by atoms with Crippen LogP contribution < -0.4 is 5.32 Å². The Balaban J connectivity index is 1.51. The Morgan fingerprint density at radius 1 is 1.52 bits per heavy atom. The van der Waals surface area contributed by atoms with Crippen LogP contribution in [0.5, 0.6) is 0 Å². The fraction of sp³-hybridized carbons (Fsp3) is 0.467. The average molecular weight is 304 g/mol. The number of nitrogens with zero attached hydrogens (tertiary/aromatic N) is 3. The molecule has 0 radical (unpaired) electrons. The van der Waals surface area contributed by atoms with Gasteiger partial charge in [-0.25, -0.2) is 0 Å². The van der Waals surface area contributed by atoms with Crippen LogP contribution in [0.4, 0.5) is 5.82 Å². The van der Waals surface area contributed by atoms with Crippen molar-refractivity contribution in [2.24, 2.45) is 0 Å². The van der Waals surface area contributed by atoms with Crippen molar-refractivity contribution in [3.8, 4) is 0 Å². The number of carbonyl (C=O) groups is 1. The Bertz CT molecular complexity index is 593. The first kappa shape index (κ1) is 14.3. The molecular formula is C15H20N4OS. The summed E-state index contributed by atoms with van der Waals surface area (Å²) in [5, 5.41) is 9.29. The molecule has 1 unspecified atom stereocenters. The SMILES string of the molecule is CC(=O)Nc1ccn(C2CCN(CCc3cccs3)C2)n1. The molecule has 1 N–H and O–H groups in total. The van der Waals surface area contributed by atoms with Gasteiger partial charge in [0.1, 0.15) is 0 Å². The quantitative estimate of drug-likeness (QED) is 0.923. The van der Waals surface area contributed by atoms with Gasteiger partial charge in [-0.2, -0.15) is 5.10 Å². The number of carbonyl (C=O) groups excluding carboxylic acids is 1. The number of amides is 1. The van der Waals surface area contributed by atoms with Gasteiger partial charge in [-0.1, -0.05) is 6.07 Å². The summed E-state index contributed by atoms with van der Waals surface area (Å²) in [5.74, 6) is 0.559. The van der Waals surface area contributed by atoms with E-state index < -0.39 is 0 Å². The van der Waals surface area contributed by atoms with Gasteiger partial charge < -0.3 is 10.2 Å². The predicted molar refractivity (Wildman–Crippen MR) is 84.6 cm³/mol. The second-order valence-electron chi connectivity index (χ2n) is 5.43. The molecule has 6 heteroatoms. The molecule has 0 spiro atoms. The molecule has 21 heavy (non-hydrogen) atoms. The highest BCUT2D eigenvalue weighted by Crippen LogP contribution is 2.22. The lowest BCUT2D eigenvalue weighted by molar-refractivity contribution is -0.114. The topological polar surface area (TPSA) is 50.2 Å². The van der Waals surface area contributed by atoms with Gasteiger partial charge in [0.2, 0.25) is 5.91 Å². The maximum atomic E-state index is 11.0. The molecule has 2 aromatic heterocycles. The number of hydrogen-bond acceptors (Lipinski definition) is 4. The number of rotatable bonds is 5. The molecule has 112 valence electrons. The summed E-state index contributed by atoms with van der Waals surface area (Å²) >= 11 is 1.83. The molecule has 1 aliphatic rings. The van der Waals surface area contributed by atoms with Crippen LogP contribution >= 0.6 is 11.3 Å². The summed E-state index contributed by atoms with van der Waals surface area (Å²) in [7, 11) is 0. The van der Waals surface area contributed by atoms with E-state index in [0.29, 0.717) is 11.9 Å². The van der Waals surface area contributed by atoms with Gasteiger partial charge in [0.25, 0.3) is 0 Å². The molecule has 1 saturated heterocycles. The number of anilines is 1. The lowest BCUT2D eigenvalue weighted by Crippen LogP contribution is -2.24. The van der Waals surface area contributed by atoms with E-state index in [2.05, 4.69) is 32.8 Å². The summed E-state index contributed by atoms with van der Waals surface area (Å²) in [5.41, 5.74) is 0. The molecule has 3 heterocycles. The fourth-order valence-electron chi connectivity index (χ4n) is 2.74. The summed E-state index contributed by atoms with van der Waals surface area (Å²) < 4.78 is 1.98. The van der Waals surface area contributed by atoms with Crippen molar-refractivity contribution < 1.29 is 4.79 Å². The van der Waals surface area contributed by atoms with Gasteiger partial charge in [-0.3, -0.25) is 9.48 Å². The highest BCUT2D eigenvalue weighted by atomic mass is 32.1. The smallest absolute Gasteiger partial charge is 0.222 e. The highest BCUT2D eigenvalue weighted by molar-refractivity contribution is 7.09. The largest absolute Gasteiger partial charge is 0.309 e. The van der Waals surface area contributed by atoms with Gasteiger partial charge in [0, 0.05) is 43.7 Å². The second-order valence-corrected chi connectivity index (χ2v) is 6.47. The van der Waals surface area contributed by atoms with Gasteiger partial charge in [-0.15, -0.1) is 11.3 Å². The number of thiophene rings is 1. The molecule has 3 rings (SSSR count). The third-order valence-electron chi connectivity index (χ3n) is 3.79. The molecule has 1 amide bonds. The molecule has 2 aromatic rings. The summed E-state index contributed by atoms with van der Waals surface area (Å²) in [6.45, 7) is 4.76. The van der Waals surface area contributed by atoms with Crippen molar-refractivity contribution in [3.05, 3.63) is 34.7 Å². The molecule has 5 nitrogen and oxygen atoms in total. The predicted octanol–water partition coefficient (Wildman–Crippen LogP) is 2.39. The summed E-state index contributed by atoms with van der Waals surface area (Å²) in [6, 6.07) is 6.58. The van der Waals surface area contributed by atoms with E-state index in [1.807, 2.05) is 28.3 Å². The van der Waals surface area contributed by atoms with Crippen LogP contribution in [0.15, 0.2) is 29.8 Å². The van der Waals surface area contributed by atoms with Crippen molar-refractivity contribution in [2.75, 3.05) is 25.0 Å². The van der Waals surface area contributed by atoms with E-state index >= 15 is 0 Å². The summed E-state index contributed by atoms with van der Waals surface area (Å²) in [6.07, 6.45) is 4.20. The number of nitrogens with one attached hydrogen (secondary N) is 1. The Labute approximate surface area is 128 Å². The van der Waals surface area contributed by atoms with Crippen molar-refractivity contribution in [1.82, 2.24) is 14.7 Å². The minimum absolute atomic E-state index is 0.0794. The Morgan fingerprint density at radius 2 is 2.43 bits per heavy atom. The first-order chi connectivity index (χ1) is 10.2. The maximum Gasteiger partial charge on any atom is 0.222 e. The van der Waals surface area contributed by atoms with Gasteiger partial charge in [0.05, 0.1) is 6.04 Å². The minimum atomic E-state index is -0.0794. The third-order valence-corrected chi connectivity index (χ3v) is 4.72. The normalized spacial score (nSPS) is 19.0. The zero-order chi connectivity index (χ0) is 14.7. The van der Waals surface area contributed by atoms with Gasteiger partial charge in [0.15, 0.2) is 5.82 Å². The van der Waals surface area contributed by atoms with Crippen molar-refractivity contribution >= 4 is 23.1 Å². The summed E-state index contributed by atoms with van der Waals surface area (Å²) in [4.78, 5) is 15.0. The lowest BCUT2D eigenvalue weighted by atomic mass is 10.3. The first-order valence-corrected chi connectivity index (χ1v) is 8.16. The Hall–Kier alpha value is -1.66. The van der Waals surface area contributed by atoms with Crippen LogP contribution in [-0.4, -0.2) is 40.2 Å². The van der Waals surface area contributed by atoms with Gasteiger partial charge >= 0.3 is 0 Å². The van der Waals surface area contributed by atoms with Crippen LogP contribution in [0.1, 0.15) is 24.3 Å². The Morgan fingerprint density at radius 3 is 3.19 bits per heavy atom. The molecule has 1 fully saturated rings. The fourth-order valence-corrected chi connectivity index (χ4v) is 3.44. The lowest BCUT2D eigenvalue weighted by Gasteiger charge is -2.15. The molecule has 0 saturated carbocycles. The van der Waals surface area contributed by atoms with Crippen LogP contribution in [0.25, 0.3) is 0 Å². The zero-order valence-electron chi connectivity index (χ0n) is 12.2. The third kappa shape index (κ3) is 3.71. The molecule has 0 aliphatic carbocycles. The van der Waals surface area contributed by atoms with Crippen molar-refractivity contribution in [2.45, 2.75) is 25.8 Å². The first-order valence-electron chi connectivity index (χ1n) is 7.28. The van der Waals surface area contributed by atoms with Crippen molar-refractivity contribution in [1.29, 1.82) is 0 Å². The van der Waals surface area contributed by atoms with Crippen LogP contribution in [0.3, 0.4) is 0 Å². The molecule has 1 aliphatic heterocycles. The average Bonchev–Trinajstić information content (AvgIpc) is 3.17. The highest BCUT2D eigenvalue weighted by Gasteiger charge is 2.24. The minimum Gasteiger partial charge on any atom is -0.309 e. The Kier molecular flexibility index (Phi) is 4.36. The van der Waals surface area contributed by atoms with Crippen molar-refractivity contribution in [3.63, 3.8) is 0 Å².